The van der Waals surface area contributed by atoms with E-state index < -0.39 is 0 Å². The van der Waals surface area contributed by atoms with E-state index in [4.69, 9.17) is 19.2 Å². The molecule has 2 saturated heterocycles. The summed E-state index contributed by atoms with van der Waals surface area (Å²) in [5.74, 6) is 2.70. The van der Waals surface area contributed by atoms with Crippen LogP contribution in [0.5, 0.6) is 11.5 Å². The molecule has 2 aromatic rings. The highest BCUT2D eigenvalue weighted by atomic mass is 16.5. The van der Waals surface area contributed by atoms with Gasteiger partial charge in [-0.05, 0) is 88.1 Å². The molecule has 6 nitrogen and oxygen atoms in total. The lowest BCUT2D eigenvalue weighted by atomic mass is 9.89. The molecule has 0 saturated carbocycles. The van der Waals surface area contributed by atoms with Gasteiger partial charge in [-0.2, -0.15) is 0 Å². The van der Waals surface area contributed by atoms with Gasteiger partial charge in [0.15, 0.2) is 11.5 Å². The second-order valence-corrected chi connectivity index (χ2v) is 9.43. The van der Waals surface area contributed by atoms with E-state index in [-0.39, 0.29) is 0 Å². The third-order valence-electron chi connectivity index (χ3n) is 7.23. The zero-order valence-corrected chi connectivity index (χ0v) is 19.5. The molecule has 1 N–H and O–H groups in total. The number of ether oxygens (including phenoxy) is 3. The van der Waals surface area contributed by atoms with Crippen molar-refractivity contribution in [3.63, 3.8) is 0 Å². The minimum absolute atomic E-state index is 0.444. The Morgan fingerprint density at radius 2 is 1.81 bits per heavy atom. The Balaban J connectivity index is 1.39. The SMILES string of the molecule is COc1cc2c3c(c(NC4CCOCC4)nc2cc1OCCCN1CCCC1)CCCC3. The maximum Gasteiger partial charge on any atom is 0.163 e. The Morgan fingerprint density at radius 3 is 2.59 bits per heavy atom. The van der Waals surface area contributed by atoms with Crippen LogP contribution in [-0.2, 0) is 17.6 Å². The second kappa shape index (κ2) is 10.3. The van der Waals surface area contributed by atoms with Crippen LogP contribution in [0.4, 0.5) is 5.82 Å². The Labute approximate surface area is 191 Å². The fourth-order valence-corrected chi connectivity index (χ4v) is 5.44. The Bertz CT molecular complexity index is 920. The van der Waals surface area contributed by atoms with Crippen molar-refractivity contribution in [3.05, 3.63) is 23.3 Å². The van der Waals surface area contributed by atoms with Crippen LogP contribution in [0.3, 0.4) is 0 Å². The van der Waals surface area contributed by atoms with Crippen LogP contribution >= 0.6 is 0 Å². The number of hydrogen-bond donors (Lipinski definition) is 1. The number of anilines is 1. The van der Waals surface area contributed by atoms with Gasteiger partial charge in [-0.15, -0.1) is 0 Å². The maximum absolute atomic E-state index is 6.20. The molecule has 0 spiro atoms. The first-order valence-corrected chi connectivity index (χ1v) is 12.5. The van der Waals surface area contributed by atoms with E-state index in [1.54, 1.807) is 7.11 Å². The fraction of sp³-hybridized carbons (Fsp3) is 0.654. The van der Waals surface area contributed by atoms with Crippen molar-refractivity contribution >= 4 is 16.7 Å². The molecule has 5 rings (SSSR count). The van der Waals surface area contributed by atoms with Crippen LogP contribution in [0.2, 0.25) is 0 Å². The topological polar surface area (TPSA) is 55.9 Å². The maximum atomic E-state index is 6.20. The number of likely N-dealkylation sites (tertiary alicyclic amines) is 1. The van der Waals surface area contributed by atoms with Gasteiger partial charge < -0.3 is 24.4 Å². The van der Waals surface area contributed by atoms with Gasteiger partial charge in [0.1, 0.15) is 5.82 Å². The average Bonchev–Trinajstić information content (AvgIpc) is 3.36. The number of pyridine rings is 1. The summed E-state index contributed by atoms with van der Waals surface area (Å²) in [6.07, 6.45) is 10.5. The van der Waals surface area contributed by atoms with Crippen molar-refractivity contribution in [2.24, 2.45) is 0 Å². The van der Waals surface area contributed by atoms with Gasteiger partial charge in [-0.25, -0.2) is 4.98 Å². The molecule has 174 valence electrons. The summed E-state index contributed by atoms with van der Waals surface area (Å²) >= 11 is 0. The first-order valence-electron chi connectivity index (χ1n) is 12.5. The average molecular weight is 440 g/mol. The molecular formula is C26H37N3O3. The Hall–Kier alpha value is -2.05. The van der Waals surface area contributed by atoms with Crippen LogP contribution in [0.15, 0.2) is 12.1 Å². The van der Waals surface area contributed by atoms with Crippen molar-refractivity contribution in [2.45, 2.75) is 63.8 Å². The third-order valence-corrected chi connectivity index (χ3v) is 7.23. The van der Waals surface area contributed by atoms with E-state index in [1.807, 2.05) is 0 Å². The number of nitrogens with zero attached hydrogens (tertiary/aromatic N) is 2. The van der Waals surface area contributed by atoms with E-state index in [0.29, 0.717) is 12.6 Å². The summed E-state index contributed by atoms with van der Waals surface area (Å²) < 4.78 is 17.5. The quantitative estimate of drug-likeness (QED) is 0.608. The summed E-state index contributed by atoms with van der Waals surface area (Å²) in [6, 6.07) is 4.69. The van der Waals surface area contributed by atoms with Crippen LogP contribution < -0.4 is 14.8 Å². The van der Waals surface area contributed by atoms with Crippen LogP contribution in [0.1, 0.15) is 56.1 Å². The highest BCUT2D eigenvalue weighted by molar-refractivity contribution is 5.89. The molecular weight excluding hydrogens is 402 g/mol. The number of nitrogens with one attached hydrogen (secondary N) is 1. The number of benzene rings is 1. The molecule has 1 aromatic carbocycles. The summed E-state index contributed by atoms with van der Waals surface area (Å²) in [4.78, 5) is 7.65. The minimum Gasteiger partial charge on any atom is -0.493 e. The first-order chi connectivity index (χ1) is 15.8. The molecule has 2 aliphatic heterocycles. The van der Waals surface area contributed by atoms with E-state index in [0.717, 1.165) is 74.7 Å². The predicted octanol–water partition coefficient (Wildman–Crippen LogP) is 4.58. The molecule has 0 bridgehead atoms. The number of aromatic nitrogens is 1. The zero-order chi connectivity index (χ0) is 21.8. The second-order valence-electron chi connectivity index (χ2n) is 9.43. The van der Waals surface area contributed by atoms with Crippen molar-refractivity contribution in [1.82, 2.24) is 9.88 Å². The number of fused-ring (bicyclic) bond motifs is 3. The van der Waals surface area contributed by atoms with Crippen LogP contribution in [-0.4, -0.2) is 62.5 Å². The first kappa shape index (κ1) is 21.8. The molecule has 2 fully saturated rings. The van der Waals surface area contributed by atoms with E-state index in [2.05, 4.69) is 22.3 Å². The summed E-state index contributed by atoms with van der Waals surface area (Å²) in [5, 5.41) is 4.98. The van der Waals surface area contributed by atoms with E-state index >= 15 is 0 Å². The lowest BCUT2D eigenvalue weighted by Crippen LogP contribution is -2.29. The van der Waals surface area contributed by atoms with Crippen LogP contribution in [0, 0.1) is 0 Å². The molecule has 3 heterocycles. The van der Waals surface area contributed by atoms with Crippen molar-refractivity contribution in [3.8, 4) is 11.5 Å². The lowest BCUT2D eigenvalue weighted by molar-refractivity contribution is 0.0903. The number of hydrogen-bond acceptors (Lipinski definition) is 6. The number of rotatable bonds is 8. The summed E-state index contributed by atoms with van der Waals surface area (Å²) in [5.41, 5.74) is 3.85. The minimum atomic E-state index is 0.444. The molecule has 3 aliphatic rings. The largest absolute Gasteiger partial charge is 0.493 e. The molecule has 0 amide bonds. The zero-order valence-electron chi connectivity index (χ0n) is 19.5. The Kier molecular flexibility index (Phi) is 6.98. The van der Waals surface area contributed by atoms with Gasteiger partial charge >= 0.3 is 0 Å². The monoisotopic (exact) mass is 439 g/mol. The molecule has 1 aromatic heterocycles. The standard InChI is InChI=1S/C26H37N3O3/c1-30-24-17-22-20-7-2-3-8-21(20)26(27-19-9-15-31-16-10-19)28-23(22)18-25(24)32-14-6-13-29-11-4-5-12-29/h17-19H,2-16H2,1H3,(H,27,28). The van der Waals surface area contributed by atoms with Gasteiger partial charge in [-0.1, -0.05) is 0 Å². The normalized spacial score (nSPS) is 19.8. The van der Waals surface area contributed by atoms with E-state index in [1.165, 1.54) is 55.3 Å². The van der Waals surface area contributed by atoms with Gasteiger partial charge in [0.2, 0.25) is 0 Å². The summed E-state index contributed by atoms with van der Waals surface area (Å²) in [7, 11) is 1.74. The molecule has 0 atom stereocenters. The smallest absolute Gasteiger partial charge is 0.163 e. The van der Waals surface area contributed by atoms with Crippen molar-refractivity contribution < 1.29 is 14.2 Å². The molecule has 0 radical (unpaired) electrons. The Morgan fingerprint density at radius 1 is 1.03 bits per heavy atom. The van der Waals surface area contributed by atoms with Gasteiger partial charge in [-0.3, -0.25) is 0 Å². The molecule has 0 unspecified atom stereocenters. The molecule has 1 aliphatic carbocycles. The fourth-order valence-electron chi connectivity index (χ4n) is 5.44. The van der Waals surface area contributed by atoms with Crippen molar-refractivity contribution in [1.29, 1.82) is 0 Å². The molecule has 32 heavy (non-hydrogen) atoms. The van der Waals surface area contributed by atoms with Gasteiger partial charge in [0, 0.05) is 37.3 Å². The lowest BCUT2D eigenvalue weighted by Gasteiger charge is -2.27. The van der Waals surface area contributed by atoms with E-state index in [9.17, 15) is 0 Å². The highest BCUT2D eigenvalue weighted by Crippen LogP contribution is 2.39. The highest BCUT2D eigenvalue weighted by Gasteiger charge is 2.23. The number of methoxy groups -OCH3 is 1. The summed E-state index contributed by atoms with van der Waals surface area (Å²) in [6.45, 7) is 5.95. The van der Waals surface area contributed by atoms with Gasteiger partial charge in [0.25, 0.3) is 0 Å². The van der Waals surface area contributed by atoms with Gasteiger partial charge in [0.05, 0.1) is 19.2 Å². The van der Waals surface area contributed by atoms with Crippen molar-refractivity contribution in [2.75, 3.05) is 51.9 Å². The molecule has 6 heteroatoms. The van der Waals surface area contributed by atoms with Crippen LogP contribution in [0.25, 0.3) is 10.9 Å². The third kappa shape index (κ3) is 4.81. The predicted molar refractivity (Wildman–Crippen MR) is 128 cm³/mol. The number of aryl methyl sites for hydroxylation is 1.